The first kappa shape index (κ1) is 16.5. The van der Waals surface area contributed by atoms with E-state index >= 15 is 0 Å². The molecular formula is C19H21N3OS. The summed E-state index contributed by atoms with van der Waals surface area (Å²) in [5, 5.41) is 6.87. The minimum Gasteiger partial charge on any atom is -0.352 e. The molecule has 0 atom stereocenters. The Kier molecular flexibility index (Phi) is 4.53. The molecule has 2 N–H and O–H groups in total. The second-order valence-electron chi connectivity index (χ2n) is 6.09. The molecule has 3 aromatic rings. The van der Waals surface area contributed by atoms with Crippen LogP contribution in [0.4, 0.5) is 10.8 Å². The lowest BCUT2D eigenvalue weighted by molar-refractivity contribution is -0.114. The summed E-state index contributed by atoms with van der Waals surface area (Å²) in [5.74, 6) is -0.0704. The van der Waals surface area contributed by atoms with Gasteiger partial charge in [-0.3, -0.25) is 4.79 Å². The Morgan fingerprint density at radius 3 is 2.42 bits per heavy atom. The molecule has 24 heavy (non-hydrogen) atoms. The summed E-state index contributed by atoms with van der Waals surface area (Å²) in [7, 11) is 0. The highest BCUT2D eigenvalue weighted by Gasteiger charge is 2.09. The molecule has 124 valence electrons. The second kappa shape index (κ2) is 6.61. The van der Waals surface area contributed by atoms with Crippen molar-refractivity contribution in [1.82, 2.24) is 4.98 Å². The van der Waals surface area contributed by atoms with E-state index in [1.54, 1.807) is 11.3 Å². The molecule has 2 aromatic carbocycles. The van der Waals surface area contributed by atoms with Crippen LogP contribution in [0.25, 0.3) is 10.2 Å². The number of thiazole rings is 1. The third kappa shape index (κ3) is 3.41. The van der Waals surface area contributed by atoms with Gasteiger partial charge in [0.25, 0.3) is 0 Å². The number of anilines is 2. The molecule has 0 radical (unpaired) electrons. The number of benzene rings is 2. The van der Waals surface area contributed by atoms with Crippen LogP contribution in [0.15, 0.2) is 30.3 Å². The molecule has 0 bridgehead atoms. The molecule has 1 aromatic heterocycles. The highest BCUT2D eigenvalue weighted by atomic mass is 32.1. The third-order valence-corrected chi connectivity index (χ3v) is 5.13. The van der Waals surface area contributed by atoms with Crippen LogP contribution in [0, 0.1) is 27.7 Å². The predicted octanol–water partition coefficient (Wildman–Crippen LogP) is 4.58. The standard InChI is InChI=1S/C19H21N3OS/c1-11-6-5-7-12(2)18(11)22-17(23)10-20-19-21-15-8-13(3)14(4)9-16(15)24-19/h5-9H,10H2,1-4H3,(H,20,21)(H,22,23). The summed E-state index contributed by atoms with van der Waals surface area (Å²) in [4.78, 5) is 16.8. The number of aryl methyl sites for hydroxylation is 4. The Balaban J connectivity index is 1.68. The normalized spacial score (nSPS) is 10.8. The van der Waals surface area contributed by atoms with Crippen LogP contribution in [-0.4, -0.2) is 17.4 Å². The van der Waals surface area contributed by atoms with E-state index in [0.717, 1.165) is 32.2 Å². The summed E-state index contributed by atoms with van der Waals surface area (Å²) in [6, 6.07) is 10.2. The first-order valence-electron chi connectivity index (χ1n) is 7.92. The number of amides is 1. The summed E-state index contributed by atoms with van der Waals surface area (Å²) < 4.78 is 1.13. The van der Waals surface area contributed by atoms with Gasteiger partial charge < -0.3 is 10.6 Å². The molecule has 1 heterocycles. The van der Waals surface area contributed by atoms with E-state index in [2.05, 4.69) is 41.6 Å². The molecule has 0 spiro atoms. The van der Waals surface area contributed by atoms with E-state index in [1.165, 1.54) is 11.1 Å². The van der Waals surface area contributed by atoms with Gasteiger partial charge in [-0.2, -0.15) is 0 Å². The monoisotopic (exact) mass is 339 g/mol. The number of rotatable bonds is 4. The lowest BCUT2D eigenvalue weighted by Gasteiger charge is -2.11. The lowest BCUT2D eigenvalue weighted by Crippen LogP contribution is -2.22. The minimum absolute atomic E-state index is 0.0704. The number of para-hydroxylation sites is 1. The fourth-order valence-corrected chi connectivity index (χ4v) is 3.55. The van der Waals surface area contributed by atoms with E-state index in [0.29, 0.717) is 0 Å². The number of aromatic nitrogens is 1. The average Bonchev–Trinajstić information content (AvgIpc) is 2.91. The van der Waals surface area contributed by atoms with Gasteiger partial charge in [-0.25, -0.2) is 4.98 Å². The Bertz CT molecular complexity index is 855. The van der Waals surface area contributed by atoms with Crippen molar-refractivity contribution in [3.05, 3.63) is 52.6 Å². The van der Waals surface area contributed by atoms with Gasteiger partial charge in [-0.05, 0) is 62.1 Å². The van der Waals surface area contributed by atoms with Gasteiger partial charge in [0.1, 0.15) is 0 Å². The van der Waals surface area contributed by atoms with Crippen molar-refractivity contribution in [3.8, 4) is 0 Å². The zero-order valence-electron chi connectivity index (χ0n) is 14.4. The van der Waals surface area contributed by atoms with Crippen LogP contribution in [0.5, 0.6) is 0 Å². The summed E-state index contributed by atoms with van der Waals surface area (Å²) in [5.41, 5.74) is 6.47. The number of carbonyl (C=O) groups excluding carboxylic acids is 1. The van der Waals surface area contributed by atoms with E-state index in [4.69, 9.17) is 0 Å². The van der Waals surface area contributed by atoms with Gasteiger partial charge in [0, 0.05) is 5.69 Å². The van der Waals surface area contributed by atoms with Crippen molar-refractivity contribution < 1.29 is 4.79 Å². The zero-order chi connectivity index (χ0) is 17.3. The van der Waals surface area contributed by atoms with Crippen molar-refractivity contribution in [2.75, 3.05) is 17.2 Å². The molecule has 0 aliphatic rings. The van der Waals surface area contributed by atoms with Gasteiger partial charge in [0.05, 0.1) is 16.8 Å². The summed E-state index contributed by atoms with van der Waals surface area (Å²) in [6.45, 7) is 8.37. The Morgan fingerprint density at radius 2 is 1.71 bits per heavy atom. The topological polar surface area (TPSA) is 54.0 Å². The molecule has 0 saturated carbocycles. The molecule has 4 nitrogen and oxygen atoms in total. The smallest absolute Gasteiger partial charge is 0.243 e. The van der Waals surface area contributed by atoms with Gasteiger partial charge in [0.2, 0.25) is 5.91 Å². The Hall–Kier alpha value is -2.40. The number of hydrogen-bond acceptors (Lipinski definition) is 4. The maximum absolute atomic E-state index is 12.2. The molecule has 0 aliphatic carbocycles. The number of carbonyl (C=O) groups is 1. The second-order valence-corrected chi connectivity index (χ2v) is 7.12. The molecule has 5 heteroatoms. The van der Waals surface area contributed by atoms with E-state index in [-0.39, 0.29) is 12.5 Å². The average molecular weight is 339 g/mol. The molecular weight excluding hydrogens is 318 g/mol. The molecule has 0 aliphatic heterocycles. The van der Waals surface area contributed by atoms with E-state index in [1.807, 2.05) is 32.0 Å². The maximum atomic E-state index is 12.2. The zero-order valence-corrected chi connectivity index (χ0v) is 15.2. The molecule has 0 unspecified atom stereocenters. The number of nitrogens with one attached hydrogen (secondary N) is 2. The van der Waals surface area contributed by atoms with E-state index < -0.39 is 0 Å². The Morgan fingerprint density at radius 1 is 1.04 bits per heavy atom. The lowest BCUT2D eigenvalue weighted by atomic mass is 10.1. The largest absolute Gasteiger partial charge is 0.352 e. The quantitative estimate of drug-likeness (QED) is 0.731. The van der Waals surface area contributed by atoms with Crippen molar-refractivity contribution in [2.45, 2.75) is 27.7 Å². The predicted molar refractivity (Wildman–Crippen MR) is 102 cm³/mol. The van der Waals surface area contributed by atoms with Gasteiger partial charge in [-0.1, -0.05) is 29.5 Å². The van der Waals surface area contributed by atoms with Gasteiger partial charge in [0.15, 0.2) is 5.13 Å². The third-order valence-electron chi connectivity index (χ3n) is 4.15. The first-order valence-corrected chi connectivity index (χ1v) is 8.73. The number of nitrogens with zero attached hydrogens (tertiary/aromatic N) is 1. The van der Waals surface area contributed by atoms with Crippen LogP contribution >= 0.6 is 11.3 Å². The van der Waals surface area contributed by atoms with E-state index in [9.17, 15) is 4.79 Å². The van der Waals surface area contributed by atoms with Crippen LogP contribution in [0.3, 0.4) is 0 Å². The highest BCUT2D eigenvalue weighted by molar-refractivity contribution is 7.22. The fraction of sp³-hybridized carbons (Fsp3) is 0.263. The van der Waals surface area contributed by atoms with Gasteiger partial charge >= 0.3 is 0 Å². The van der Waals surface area contributed by atoms with Crippen LogP contribution in [0.2, 0.25) is 0 Å². The van der Waals surface area contributed by atoms with Crippen molar-refractivity contribution in [2.24, 2.45) is 0 Å². The van der Waals surface area contributed by atoms with Gasteiger partial charge in [-0.15, -0.1) is 0 Å². The fourth-order valence-electron chi connectivity index (χ4n) is 2.61. The summed E-state index contributed by atoms with van der Waals surface area (Å²) in [6.07, 6.45) is 0. The maximum Gasteiger partial charge on any atom is 0.243 e. The molecule has 1 amide bonds. The van der Waals surface area contributed by atoms with Crippen LogP contribution < -0.4 is 10.6 Å². The van der Waals surface area contributed by atoms with Crippen LogP contribution in [0.1, 0.15) is 22.3 Å². The van der Waals surface area contributed by atoms with Crippen molar-refractivity contribution >= 4 is 38.3 Å². The first-order chi connectivity index (χ1) is 11.4. The SMILES string of the molecule is Cc1cc2nc(NCC(=O)Nc3c(C)cccc3C)sc2cc1C. The minimum atomic E-state index is -0.0704. The number of fused-ring (bicyclic) bond motifs is 1. The molecule has 0 fully saturated rings. The van der Waals surface area contributed by atoms with Crippen LogP contribution in [-0.2, 0) is 4.79 Å². The molecule has 0 saturated heterocycles. The van der Waals surface area contributed by atoms with Crippen molar-refractivity contribution in [3.63, 3.8) is 0 Å². The summed E-state index contributed by atoms with van der Waals surface area (Å²) >= 11 is 1.57. The molecule has 3 rings (SSSR count). The Labute approximate surface area is 145 Å². The highest BCUT2D eigenvalue weighted by Crippen LogP contribution is 2.28. The number of hydrogen-bond donors (Lipinski definition) is 2. The van der Waals surface area contributed by atoms with Crippen molar-refractivity contribution in [1.29, 1.82) is 0 Å².